The maximum atomic E-state index is 6.69. The number of rotatable bonds is 3. The van der Waals surface area contributed by atoms with Crippen molar-refractivity contribution in [3.63, 3.8) is 0 Å². The lowest BCUT2D eigenvalue weighted by atomic mass is 9.75. The number of hydrogen-bond donors (Lipinski definition) is 0. The molecule has 1 fully saturated rings. The first kappa shape index (κ1) is 21.6. The first-order valence-corrected chi connectivity index (χ1v) is 13.0. The minimum atomic E-state index is -1.55. The zero-order valence-corrected chi connectivity index (χ0v) is 20.6. The maximum absolute atomic E-state index is 6.69. The number of fused-ring (bicyclic) bond motifs is 5. The third kappa shape index (κ3) is 3.98. The molecule has 0 aliphatic heterocycles. The highest BCUT2D eigenvalue weighted by Gasteiger charge is 2.33. The molecule has 4 heteroatoms. The zero-order chi connectivity index (χ0) is 22.4. The highest BCUT2D eigenvalue weighted by Crippen LogP contribution is 2.42. The van der Waals surface area contributed by atoms with Crippen molar-refractivity contribution in [1.29, 1.82) is 0 Å². The quantitative estimate of drug-likeness (QED) is 0.314. The topological polar surface area (TPSA) is 35.5 Å². The number of aryl methyl sites for hydroxylation is 2. The molecule has 1 heterocycles. The van der Waals surface area contributed by atoms with E-state index in [4.69, 9.17) is 12.9 Å². The fourth-order valence-electron chi connectivity index (χ4n) is 5.43. The molecule has 0 N–H and O–H groups in total. The van der Waals surface area contributed by atoms with E-state index < -0.39 is 8.24 Å². The van der Waals surface area contributed by atoms with E-state index in [2.05, 4.69) is 83.1 Å². The third-order valence-electron chi connectivity index (χ3n) is 7.10. The summed E-state index contributed by atoms with van der Waals surface area (Å²) in [7, 11) is -1.55. The average Bonchev–Trinajstić information content (AvgIpc) is 2.90. The lowest BCUT2D eigenvalue weighted by molar-refractivity contribution is 0.0746. The monoisotopic (exact) mass is 448 g/mol. The van der Waals surface area contributed by atoms with Gasteiger partial charge in [-0.05, 0) is 78.5 Å². The summed E-state index contributed by atoms with van der Waals surface area (Å²) in [6.45, 7) is 11.2. The van der Waals surface area contributed by atoms with Crippen LogP contribution in [0.15, 0.2) is 56.9 Å². The van der Waals surface area contributed by atoms with Crippen LogP contribution in [0, 0.1) is 31.6 Å². The highest BCUT2D eigenvalue weighted by molar-refractivity contribution is 7.31. The van der Waals surface area contributed by atoms with Crippen molar-refractivity contribution in [2.45, 2.75) is 60.0 Å². The van der Waals surface area contributed by atoms with E-state index >= 15 is 0 Å². The molecule has 0 saturated heterocycles. The molecule has 1 aliphatic rings. The molecule has 3 nitrogen and oxygen atoms in total. The Kier molecular flexibility index (Phi) is 5.82. The first-order valence-electron chi connectivity index (χ1n) is 11.9. The van der Waals surface area contributed by atoms with Gasteiger partial charge in [-0.1, -0.05) is 63.6 Å². The fraction of sp³-hybridized carbons (Fsp3) is 0.429. The van der Waals surface area contributed by atoms with Crippen LogP contribution in [-0.2, 0) is 0 Å². The highest BCUT2D eigenvalue weighted by atomic mass is 31.1. The molecule has 168 valence electrons. The molecule has 0 bridgehead atoms. The molecule has 0 radical (unpaired) electrons. The van der Waals surface area contributed by atoms with E-state index in [0.29, 0.717) is 17.8 Å². The van der Waals surface area contributed by atoms with Crippen molar-refractivity contribution in [1.82, 2.24) is 0 Å². The largest absolute Gasteiger partial charge is 0.399 e. The van der Waals surface area contributed by atoms with Gasteiger partial charge in [-0.15, -0.1) is 0 Å². The van der Waals surface area contributed by atoms with Crippen LogP contribution in [0.4, 0.5) is 0 Å². The van der Waals surface area contributed by atoms with Crippen LogP contribution in [-0.4, -0.2) is 6.10 Å². The summed E-state index contributed by atoms with van der Waals surface area (Å²) in [6.07, 6.45) is 3.72. The zero-order valence-electron chi connectivity index (χ0n) is 19.7. The van der Waals surface area contributed by atoms with Crippen LogP contribution in [0.1, 0.15) is 51.2 Å². The molecular formula is C28H33O3P. The molecule has 1 saturated carbocycles. The number of benzene rings is 3. The van der Waals surface area contributed by atoms with Gasteiger partial charge in [0.2, 0.25) is 0 Å². The van der Waals surface area contributed by atoms with Gasteiger partial charge in [0, 0.05) is 10.8 Å². The molecular weight excluding hydrogens is 415 g/mol. The van der Waals surface area contributed by atoms with Crippen LogP contribution in [0.25, 0.3) is 32.7 Å². The minimum Gasteiger partial charge on any atom is -0.399 e. The number of hydrogen-bond acceptors (Lipinski definition) is 3. The first-order chi connectivity index (χ1) is 15.4. The molecule has 0 spiro atoms. The molecule has 4 atom stereocenters. The van der Waals surface area contributed by atoms with Crippen molar-refractivity contribution in [2.75, 3.05) is 0 Å². The summed E-state index contributed by atoms with van der Waals surface area (Å²) in [5, 5.41) is 4.59. The Labute approximate surface area is 191 Å². The van der Waals surface area contributed by atoms with E-state index in [-0.39, 0.29) is 6.10 Å². The van der Waals surface area contributed by atoms with Crippen molar-refractivity contribution < 1.29 is 12.9 Å². The van der Waals surface area contributed by atoms with Gasteiger partial charge in [-0.25, -0.2) is 0 Å². The van der Waals surface area contributed by atoms with E-state index in [1.807, 2.05) is 0 Å². The van der Waals surface area contributed by atoms with E-state index in [0.717, 1.165) is 33.9 Å². The Morgan fingerprint density at radius 1 is 0.969 bits per heavy atom. The molecule has 1 aliphatic carbocycles. The van der Waals surface area contributed by atoms with Crippen LogP contribution < -0.4 is 4.52 Å². The molecule has 5 rings (SSSR count). The van der Waals surface area contributed by atoms with Gasteiger partial charge < -0.3 is 8.39 Å². The van der Waals surface area contributed by atoms with Crippen molar-refractivity contribution in [3.05, 3.63) is 59.7 Å². The average molecular weight is 449 g/mol. The Balaban J connectivity index is 1.76. The van der Waals surface area contributed by atoms with E-state index in [1.54, 1.807) is 0 Å². The summed E-state index contributed by atoms with van der Waals surface area (Å²) < 4.78 is 19.8. The lowest BCUT2D eigenvalue weighted by Crippen LogP contribution is -2.35. The van der Waals surface area contributed by atoms with Gasteiger partial charge in [0.15, 0.2) is 0 Å². The van der Waals surface area contributed by atoms with Gasteiger partial charge in [-0.2, -0.15) is 0 Å². The van der Waals surface area contributed by atoms with Crippen LogP contribution in [0.3, 0.4) is 0 Å². The molecule has 3 aromatic carbocycles. The third-order valence-corrected chi connectivity index (χ3v) is 8.22. The summed E-state index contributed by atoms with van der Waals surface area (Å²) in [6, 6.07) is 17.1. The molecule has 1 aromatic heterocycles. The fourth-order valence-corrected chi connectivity index (χ4v) is 6.72. The second kappa shape index (κ2) is 8.61. The van der Waals surface area contributed by atoms with Gasteiger partial charge in [0.1, 0.15) is 11.2 Å². The predicted octanol–water partition coefficient (Wildman–Crippen LogP) is 8.95. The van der Waals surface area contributed by atoms with Crippen molar-refractivity contribution >= 4 is 41.0 Å². The molecule has 0 amide bonds. The Morgan fingerprint density at radius 3 is 2.59 bits per heavy atom. The van der Waals surface area contributed by atoms with Gasteiger partial charge in [0.05, 0.1) is 6.10 Å². The summed E-state index contributed by atoms with van der Waals surface area (Å²) in [4.78, 5) is 0. The Bertz CT molecular complexity index is 1320. The van der Waals surface area contributed by atoms with Gasteiger partial charge >= 0.3 is 8.24 Å². The van der Waals surface area contributed by atoms with Crippen LogP contribution in [0.5, 0.6) is 0 Å². The minimum absolute atomic E-state index is 0.168. The smallest absolute Gasteiger partial charge is 0.387 e. The van der Waals surface area contributed by atoms with Gasteiger partial charge in [-0.3, -0.25) is 4.52 Å². The Morgan fingerprint density at radius 2 is 1.78 bits per heavy atom. The second-order valence-corrected chi connectivity index (χ2v) is 11.0. The van der Waals surface area contributed by atoms with Gasteiger partial charge in [0.25, 0.3) is 0 Å². The normalized spacial score (nSPS) is 22.2. The summed E-state index contributed by atoms with van der Waals surface area (Å²) in [5.74, 6) is 1.80. The lowest BCUT2D eigenvalue weighted by Gasteiger charge is -2.35. The Hall–Kier alpha value is -2.22. The van der Waals surface area contributed by atoms with Crippen LogP contribution in [0.2, 0.25) is 0 Å². The summed E-state index contributed by atoms with van der Waals surface area (Å²) in [5.41, 5.74) is 4.08. The van der Waals surface area contributed by atoms with E-state index in [9.17, 15) is 0 Å². The summed E-state index contributed by atoms with van der Waals surface area (Å²) >= 11 is 0. The van der Waals surface area contributed by atoms with E-state index in [1.165, 1.54) is 29.2 Å². The molecule has 32 heavy (non-hydrogen) atoms. The predicted molar refractivity (Wildman–Crippen MR) is 135 cm³/mol. The van der Waals surface area contributed by atoms with Crippen molar-refractivity contribution in [3.8, 4) is 0 Å². The SMILES string of the molecule is Cc1cc(C)c2op(OC3CC(C)CCC3C(C)C)oc3ccc4ccccc4c3c2c1. The molecule has 4 aromatic rings. The second-order valence-electron chi connectivity index (χ2n) is 9.99. The van der Waals surface area contributed by atoms with Crippen LogP contribution >= 0.6 is 8.24 Å². The molecule has 4 unspecified atom stereocenters. The standard InChI is InChI=1S/C28H33O3P/c1-17(2)22-12-10-18(3)16-26(22)30-32-29-25-13-11-21-8-6-7-9-23(21)27(25)24-15-19(4)14-20(5)28(24)31-32/h6-9,11,13-15,17-18,22,26H,10,12,16H2,1-5H3. The van der Waals surface area contributed by atoms with Crippen molar-refractivity contribution in [2.24, 2.45) is 17.8 Å². The maximum Gasteiger partial charge on any atom is 0.387 e.